The normalized spacial score (nSPS) is 10.5. The molecule has 0 heterocycles. The Kier molecular flexibility index (Phi) is 2.49. The SMILES string of the molecule is NC(=O)/N=C/c1ccc(O)cc1O. The minimum Gasteiger partial charge on any atom is -0.508 e. The predicted octanol–water partition coefficient (Wildman–Crippen LogP) is 0.595. The molecule has 4 N–H and O–H groups in total. The highest BCUT2D eigenvalue weighted by Crippen LogP contribution is 2.20. The van der Waals surface area contributed by atoms with Crippen LogP contribution in [0.4, 0.5) is 4.79 Å². The van der Waals surface area contributed by atoms with Crippen molar-refractivity contribution in [3.05, 3.63) is 23.8 Å². The van der Waals surface area contributed by atoms with Gasteiger partial charge in [0.05, 0.1) is 0 Å². The van der Waals surface area contributed by atoms with Crippen molar-refractivity contribution in [1.29, 1.82) is 0 Å². The third-order valence-electron chi connectivity index (χ3n) is 1.34. The minimum atomic E-state index is -0.840. The van der Waals surface area contributed by atoms with Gasteiger partial charge in [0, 0.05) is 17.8 Å². The van der Waals surface area contributed by atoms with Crippen LogP contribution in [0.3, 0.4) is 0 Å². The van der Waals surface area contributed by atoms with Gasteiger partial charge in [-0.15, -0.1) is 0 Å². The van der Waals surface area contributed by atoms with E-state index in [1.807, 2.05) is 0 Å². The number of nitrogens with zero attached hydrogens (tertiary/aromatic N) is 1. The van der Waals surface area contributed by atoms with E-state index in [0.717, 1.165) is 12.3 Å². The third-order valence-corrected chi connectivity index (χ3v) is 1.34. The largest absolute Gasteiger partial charge is 0.508 e. The van der Waals surface area contributed by atoms with E-state index < -0.39 is 6.03 Å². The Labute approximate surface area is 74.1 Å². The zero-order valence-electron chi connectivity index (χ0n) is 6.64. The number of urea groups is 1. The van der Waals surface area contributed by atoms with Crippen LogP contribution < -0.4 is 5.73 Å². The van der Waals surface area contributed by atoms with Crippen LogP contribution in [-0.4, -0.2) is 22.5 Å². The van der Waals surface area contributed by atoms with Gasteiger partial charge in [0.2, 0.25) is 0 Å². The Bertz CT molecular complexity index is 360. The number of primary amides is 1. The molecular weight excluding hydrogens is 172 g/mol. The highest BCUT2D eigenvalue weighted by atomic mass is 16.3. The number of rotatable bonds is 1. The highest BCUT2D eigenvalue weighted by Gasteiger charge is 1.98. The fraction of sp³-hybridized carbons (Fsp3) is 0. The summed E-state index contributed by atoms with van der Waals surface area (Å²) >= 11 is 0. The van der Waals surface area contributed by atoms with E-state index in [1.165, 1.54) is 12.1 Å². The number of phenolic OH excluding ortho intramolecular Hbond substituents is 2. The monoisotopic (exact) mass is 180 g/mol. The first kappa shape index (κ1) is 9.05. The van der Waals surface area contributed by atoms with Crippen LogP contribution in [0.1, 0.15) is 5.56 Å². The molecule has 0 aliphatic rings. The summed E-state index contributed by atoms with van der Waals surface area (Å²) in [6.45, 7) is 0. The fourth-order valence-electron chi connectivity index (χ4n) is 0.774. The summed E-state index contributed by atoms with van der Waals surface area (Å²) in [6, 6.07) is 3.08. The van der Waals surface area contributed by atoms with Crippen LogP contribution in [0.5, 0.6) is 11.5 Å². The molecule has 0 aliphatic carbocycles. The predicted molar refractivity (Wildman–Crippen MR) is 46.9 cm³/mol. The van der Waals surface area contributed by atoms with Crippen LogP contribution in [0.25, 0.3) is 0 Å². The van der Waals surface area contributed by atoms with Crippen molar-refractivity contribution in [3.8, 4) is 11.5 Å². The maximum atomic E-state index is 10.2. The Morgan fingerprint density at radius 1 is 1.46 bits per heavy atom. The Morgan fingerprint density at radius 3 is 2.69 bits per heavy atom. The van der Waals surface area contributed by atoms with Crippen molar-refractivity contribution in [2.24, 2.45) is 10.7 Å². The van der Waals surface area contributed by atoms with E-state index >= 15 is 0 Å². The Morgan fingerprint density at radius 2 is 2.15 bits per heavy atom. The molecule has 0 radical (unpaired) electrons. The van der Waals surface area contributed by atoms with Crippen LogP contribution >= 0.6 is 0 Å². The number of hydrogen-bond acceptors (Lipinski definition) is 3. The number of nitrogens with two attached hydrogens (primary N) is 1. The standard InChI is InChI=1S/C8H8N2O3/c9-8(13)10-4-5-1-2-6(11)3-7(5)12/h1-4,11-12H,(H2,9,13)/b10-4+. The molecule has 0 aliphatic heterocycles. The van der Waals surface area contributed by atoms with Crippen LogP contribution in [-0.2, 0) is 0 Å². The van der Waals surface area contributed by atoms with E-state index in [4.69, 9.17) is 10.8 Å². The summed E-state index contributed by atoms with van der Waals surface area (Å²) in [5, 5.41) is 18.1. The van der Waals surface area contributed by atoms with Gasteiger partial charge in [-0.25, -0.2) is 9.79 Å². The van der Waals surface area contributed by atoms with Crippen molar-refractivity contribution in [2.45, 2.75) is 0 Å². The number of aliphatic imine (C=N–C) groups is 1. The quantitative estimate of drug-likeness (QED) is 0.552. The Balaban J connectivity index is 2.96. The number of carbonyl (C=O) groups excluding carboxylic acids is 1. The fourth-order valence-corrected chi connectivity index (χ4v) is 0.774. The first-order valence-corrected chi connectivity index (χ1v) is 3.45. The van der Waals surface area contributed by atoms with Crippen molar-refractivity contribution < 1.29 is 15.0 Å². The zero-order chi connectivity index (χ0) is 9.84. The average molecular weight is 180 g/mol. The lowest BCUT2D eigenvalue weighted by Gasteiger charge is -1.97. The van der Waals surface area contributed by atoms with E-state index in [-0.39, 0.29) is 11.5 Å². The van der Waals surface area contributed by atoms with E-state index in [1.54, 1.807) is 0 Å². The second-order valence-corrected chi connectivity index (χ2v) is 2.34. The van der Waals surface area contributed by atoms with Gasteiger partial charge in [-0.1, -0.05) is 0 Å². The molecule has 5 heteroatoms. The molecule has 1 aromatic carbocycles. The van der Waals surface area contributed by atoms with Crippen LogP contribution in [0, 0.1) is 0 Å². The van der Waals surface area contributed by atoms with Crippen LogP contribution in [0.2, 0.25) is 0 Å². The number of aromatic hydroxyl groups is 2. The van der Waals surface area contributed by atoms with Gasteiger partial charge >= 0.3 is 6.03 Å². The number of hydrogen-bond donors (Lipinski definition) is 3. The van der Waals surface area contributed by atoms with Gasteiger partial charge in [-0.3, -0.25) is 0 Å². The molecule has 0 bridgehead atoms. The summed E-state index contributed by atoms with van der Waals surface area (Å²) in [7, 11) is 0. The number of phenols is 2. The smallest absolute Gasteiger partial charge is 0.338 e. The lowest BCUT2D eigenvalue weighted by Crippen LogP contribution is -2.04. The van der Waals surface area contributed by atoms with Crippen LogP contribution in [0.15, 0.2) is 23.2 Å². The summed E-state index contributed by atoms with van der Waals surface area (Å²) in [4.78, 5) is 13.5. The molecule has 0 atom stereocenters. The summed E-state index contributed by atoms with van der Waals surface area (Å²) in [5.74, 6) is -0.223. The van der Waals surface area contributed by atoms with Crippen molar-refractivity contribution in [2.75, 3.05) is 0 Å². The number of amides is 2. The summed E-state index contributed by atoms with van der Waals surface area (Å²) in [5.41, 5.74) is 5.07. The molecule has 1 rings (SSSR count). The maximum Gasteiger partial charge on any atom is 0.338 e. The van der Waals surface area contributed by atoms with Gasteiger partial charge in [-0.05, 0) is 12.1 Å². The molecule has 2 amide bonds. The molecule has 0 aromatic heterocycles. The van der Waals surface area contributed by atoms with Crippen molar-refractivity contribution >= 4 is 12.2 Å². The maximum absolute atomic E-state index is 10.2. The second kappa shape index (κ2) is 3.57. The molecule has 13 heavy (non-hydrogen) atoms. The molecule has 0 unspecified atom stereocenters. The van der Waals surface area contributed by atoms with E-state index in [9.17, 15) is 9.90 Å². The van der Waals surface area contributed by atoms with Gasteiger partial charge in [0.25, 0.3) is 0 Å². The molecule has 0 saturated carbocycles. The average Bonchev–Trinajstić information content (AvgIpc) is 2.02. The molecule has 0 fully saturated rings. The third kappa shape index (κ3) is 2.48. The van der Waals surface area contributed by atoms with Crippen molar-refractivity contribution in [1.82, 2.24) is 0 Å². The first-order chi connectivity index (χ1) is 6.09. The molecule has 68 valence electrons. The van der Waals surface area contributed by atoms with Gasteiger partial charge in [0.1, 0.15) is 11.5 Å². The molecule has 0 spiro atoms. The number of benzene rings is 1. The molecule has 1 aromatic rings. The van der Waals surface area contributed by atoms with E-state index in [2.05, 4.69) is 4.99 Å². The minimum absolute atomic E-state index is 0.0614. The summed E-state index contributed by atoms with van der Waals surface area (Å²) < 4.78 is 0. The van der Waals surface area contributed by atoms with Gasteiger partial charge in [-0.2, -0.15) is 0 Å². The van der Waals surface area contributed by atoms with Crippen molar-refractivity contribution in [3.63, 3.8) is 0 Å². The second-order valence-electron chi connectivity index (χ2n) is 2.34. The summed E-state index contributed by atoms with van der Waals surface area (Å²) in [6.07, 6.45) is 1.12. The van der Waals surface area contributed by atoms with E-state index in [0.29, 0.717) is 5.56 Å². The topological polar surface area (TPSA) is 95.9 Å². The number of carbonyl (C=O) groups is 1. The Hall–Kier alpha value is -2.04. The molecule has 5 nitrogen and oxygen atoms in total. The zero-order valence-corrected chi connectivity index (χ0v) is 6.64. The first-order valence-electron chi connectivity index (χ1n) is 3.45. The highest BCUT2D eigenvalue weighted by molar-refractivity contribution is 5.92. The molecular formula is C8H8N2O3. The van der Waals surface area contributed by atoms with Gasteiger partial charge < -0.3 is 15.9 Å². The lowest BCUT2D eigenvalue weighted by atomic mass is 10.2. The lowest BCUT2D eigenvalue weighted by molar-refractivity contribution is 0.257. The molecule has 0 saturated heterocycles. The van der Waals surface area contributed by atoms with Gasteiger partial charge in [0.15, 0.2) is 0 Å².